The summed E-state index contributed by atoms with van der Waals surface area (Å²) in [5, 5.41) is 8.06. The van der Waals surface area contributed by atoms with Gasteiger partial charge in [0.15, 0.2) is 0 Å². The molecule has 6 rings (SSSR count). The molecule has 2 aromatic carbocycles. The lowest BCUT2D eigenvalue weighted by molar-refractivity contribution is -0.116. The number of methoxy groups -OCH3 is 1. The van der Waals surface area contributed by atoms with Gasteiger partial charge in [-0.3, -0.25) is 4.79 Å². The number of hydrogen-bond acceptors (Lipinski definition) is 7. The van der Waals surface area contributed by atoms with E-state index in [2.05, 4.69) is 20.4 Å². The molecule has 36 heavy (non-hydrogen) atoms. The Morgan fingerprint density at radius 3 is 2.78 bits per heavy atom. The summed E-state index contributed by atoms with van der Waals surface area (Å²) in [6.07, 6.45) is 4.97. The monoisotopic (exact) mass is 499 g/mol. The zero-order valence-corrected chi connectivity index (χ0v) is 20.7. The van der Waals surface area contributed by atoms with Gasteiger partial charge in [0.1, 0.15) is 16.6 Å². The van der Waals surface area contributed by atoms with Crippen LogP contribution in [-0.2, 0) is 24.1 Å². The van der Waals surface area contributed by atoms with Crippen LogP contribution in [0.15, 0.2) is 53.1 Å². The maximum atomic E-state index is 13.0. The van der Waals surface area contributed by atoms with Crippen LogP contribution in [0.3, 0.4) is 0 Å². The van der Waals surface area contributed by atoms with Crippen molar-refractivity contribution < 1.29 is 14.1 Å². The van der Waals surface area contributed by atoms with Gasteiger partial charge in [-0.2, -0.15) is 4.98 Å². The summed E-state index contributed by atoms with van der Waals surface area (Å²) in [7, 11) is 1.62. The van der Waals surface area contributed by atoms with Crippen LogP contribution in [0.2, 0.25) is 0 Å². The number of benzene rings is 2. The molecule has 0 atom stereocenters. The summed E-state index contributed by atoms with van der Waals surface area (Å²) in [6, 6.07) is 15.4. The Morgan fingerprint density at radius 1 is 1.11 bits per heavy atom. The fraction of sp³-hybridized carbons (Fsp3) is 0.259. The highest BCUT2D eigenvalue weighted by Gasteiger charge is 2.25. The number of carbonyl (C=O) groups excluding carboxylic acids is 1. The van der Waals surface area contributed by atoms with E-state index in [0.29, 0.717) is 18.1 Å². The third-order valence-electron chi connectivity index (χ3n) is 6.43. The van der Waals surface area contributed by atoms with E-state index in [-0.39, 0.29) is 12.3 Å². The molecule has 0 unspecified atom stereocenters. The van der Waals surface area contributed by atoms with E-state index in [4.69, 9.17) is 14.2 Å². The molecule has 0 radical (unpaired) electrons. The normalized spacial score (nSPS) is 13.0. The first kappa shape index (κ1) is 22.5. The van der Waals surface area contributed by atoms with Crippen molar-refractivity contribution in [2.45, 2.75) is 38.5 Å². The van der Waals surface area contributed by atoms with Crippen molar-refractivity contribution >= 4 is 33.3 Å². The zero-order valence-electron chi connectivity index (χ0n) is 19.8. The lowest BCUT2D eigenvalue weighted by atomic mass is 9.95. The number of aromatic amines is 1. The van der Waals surface area contributed by atoms with Gasteiger partial charge < -0.3 is 19.6 Å². The van der Waals surface area contributed by atoms with Crippen molar-refractivity contribution in [2.24, 2.45) is 0 Å². The zero-order chi connectivity index (χ0) is 24.5. The molecule has 9 heteroatoms. The molecule has 3 aromatic heterocycles. The minimum absolute atomic E-state index is 0.0878. The van der Waals surface area contributed by atoms with Crippen LogP contribution in [0.1, 0.15) is 35.6 Å². The first-order valence-corrected chi connectivity index (χ1v) is 12.9. The number of H-pyrrole nitrogens is 1. The number of hydrogen-bond donors (Lipinski definition) is 2. The summed E-state index contributed by atoms with van der Waals surface area (Å²) >= 11 is 1.67. The summed E-state index contributed by atoms with van der Waals surface area (Å²) < 4.78 is 10.6. The number of anilines is 1. The lowest BCUT2D eigenvalue weighted by Gasteiger charge is -2.12. The number of thiophene rings is 1. The SMILES string of the molecule is COc1ccc(-c2noc(CCC(=O)Nc3sc4c(c3-c3nc5ccccc5[nH]3)CCCC4)n2)cc1. The van der Waals surface area contributed by atoms with Crippen LogP contribution in [-0.4, -0.2) is 33.1 Å². The Kier molecular flexibility index (Phi) is 5.98. The van der Waals surface area contributed by atoms with Crippen molar-refractivity contribution in [3.05, 3.63) is 64.9 Å². The largest absolute Gasteiger partial charge is 0.497 e. The summed E-state index contributed by atoms with van der Waals surface area (Å²) in [5.74, 6) is 2.41. The third kappa shape index (κ3) is 4.37. The van der Waals surface area contributed by atoms with Crippen LogP contribution in [0.25, 0.3) is 33.8 Å². The van der Waals surface area contributed by atoms with E-state index in [9.17, 15) is 4.79 Å². The third-order valence-corrected chi connectivity index (χ3v) is 7.64. The van der Waals surface area contributed by atoms with Crippen molar-refractivity contribution in [1.82, 2.24) is 20.1 Å². The first-order valence-electron chi connectivity index (χ1n) is 12.0. The highest BCUT2D eigenvalue weighted by molar-refractivity contribution is 7.17. The Hall–Kier alpha value is -3.98. The summed E-state index contributed by atoms with van der Waals surface area (Å²) in [4.78, 5) is 27.0. The average molecular weight is 500 g/mol. The smallest absolute Gasteiger partial charge is 0.227 e. The molecule has 0 saturated heterocycles. The van der Waals surface area contributed by atoms with Gasteiger partial charge in [0.2, 0.25) is 17.6 Å². The van der Waals surface area contributed by atoms with Crippen molar-refractivity contribution in [2.75, 3.05) is 12.4 Å². The Morgan fingerprint density at radius 2 is 1.94 bits per heavy atom. The van der Waals surface area contributed by atoms with Crippen LogP contribution < -0.4 is 10.1 Å². The van der Waals surface area contributed by atoms with Gasteiger partial charge in [-0.25, -0.2) is 4.98 Å². The number of amides is 1. The molecule has 0 aliphatic heterocycles. The quantitative estimate of drug-likeness (QED) is 0.293. The molecule has 1 aliphatic rings. The standard InChI is InChI=1S/C27H25N5O3S/c1-34-17-12-10-16(11-13-17)25-31-23(35-32-25)15-14-22(33)30-27-24(18-6-2-5-9-21(18)36-27)26-28-19-7-3-4-8-20(19)29-26/h3-4,7-8,10-13H,2,5-6,9,14-15H2,1H3,(H,28,29)(H,30,33). The molecular weight excluding hydrogens is 474 g/mol. The number of rotatable bonds is 7. The fourth-order valence-corrected chi connectivity index (χ4v) is 5.91. The number of carbonyl (C=O) groups is 1. The second-order valence-electron chi connectivity index (χ2n) is 8.81. The van der Waals surface area contributed by atoms with Gasteiger partial charge in [-0.15, -0.1) is 11.3 Å². The topological polar surface area (TPSA) is 106 Å². The molecule has 1 aliphatic carbocycles. The van der Waals surface area contributed by atoms with E-state index in [1.165, 1.54) is 16.9 Å². The van der Waals surface area contributed by atoms with Crippen LogP contribution in [0.4, 0.5) is 5.00 Å². The predicted octanol–water partition coefficient (Wildman–Crippen LogP) is 5.80. The second-order valence-corrected chi connectivity index (χ2v) is 9.91. The Labute approximate surface area is 211 Å². The molecule has 3 heterocycles. The molecule has 5 aromatic rings. The molecule has 2 N–H and O–H groups in total. The summed E-state index contributed by atoms with van der Waals surface area (Å²) in [5.41, 5.74) is 5.07. The van der Waals surface area contributed by atoms with Gasteiger partial charge in [-0.1, -0.05) is 17.3 Å². The predicted molar refractivity (Wildman–Crippen MR) is 139 cm³/mol. The van der Waals surface area contributed by atoms with Gasteiger partial charge >= 0.3 is 0 Å². The van der Waals surface area contributed by atoms with E-state index < -0.39 is 0 Å². The number of aromatic nitrogens is 4. The van der Waals surface area contributed by atoms with E-state index in [1.54, 1.807) is 18.4 Å². The van der Waals surface area contributed by atoms with E-state index in [0.717, 1.165) is 58.0 Å². The summed E-state index contributed by atoms with van der Waals surface area (Å²) in [6.45, 7) is 0. The highest BCUT2D eigenvalue weighted by atomic mass is 32.1. The number of para-hydroxylation sites is 2. The van der Waals surface area contributed by atoms with E-state index in [1.807, 2.05) is 48.5 Å². The molecule has 0 bridgehead atoms. The molecule has 0 spiro atoms. The van der Waals surface area contributed by atoms with E-state index >= 15 is 0 Å². The van der Waals surface area contributed by atoms with Crippen molar-refractivity contribution in [1.29, 1.82) is 0 Å². The number of nitrogens with one attached hydrogen (secondary N) is 2. The number of fused-ring (bicyclic) bond motifs is 2. The van der Waals surface area contributed by atoms with Crippen LogP contribution in [0.5, 0.6) is 5.75 Å². The molecule has 182 valence electrons. The first-order chi connectivity index (χ1) is 17.7. The van der Waals surface area contributed by atoms with Gasteiger partial charge in [0.05, 0.1) is 23.7 Å². The molecular formula is C27H25N5O3S. The molecule has 8 nitrogen and oxygen atoms in total. The minimum Gasteiger partial charge on any atom is -0.497 e. The van der Waals surface area contributed by atoms with Crippen LogP contribution in [0, 0.1) is 0 Å². The van der Waals surface area contributed by atoms with Crippen molar-refractivity contribution in [3.63, 3.8) is 0 Å². The maximum Gasteiger partial charge on any atom is 0.227 e. The second kappa shape index (κ2) is 9.58. The Balaban J connectivity index is 1.19. The maximum absolute atomic E-state index is 13.0. The van der Waals surface area contributed by atoms with Gasteiger partial charge in [-0.05, 0) is 67.6 Å². The van der Waals surface area contributed by atoms with Crippen LogP contribution >= 0.6 is 11.3 Å². The van der Waals surface area contributed by atoms with Crippen molar-refractivity contribution in [3.8, 4) is 28.5 Å². The lowest BCUT2D eigenvalue weighted by Crippen LogP contribution is -2.12. The fourth-order valence-electron chi connectivity index (χ4n) is 4.60. The van der Waals surface area contributed by atoms with Gasteiger partial charge in [0, 0.05) is 23.3 Å². The number of imidazole rings is 1. The highest BCUT2D eigenvalue weighted by Crippen LogP contribution is 2.43. The van der Waals surface area contributed by atoms with Gasteiger partial charge in [0.25, 0.3) is 0 Å². The molecule has 0 fully saturated rings. The molecule has 0 saturated carbocycles. The number of ether oxygens (including phenoxy) is 1. The number of nitrogens with zero attached hydrogens (tertiary/aromatic N) is 3. The number of aryl methyl sites for hydroxylation is 2. The Bertz CT molecular complexity index is 1500. The molecule has 1 amide bonds. The minimum atomic E-state index is -0.0878. The average Bonchev–Trinajstić information content (AvgIpc) is 3.63.